The van der Waals surface area contributed by atoms with Gasteiger partial charge in [-0.3, -0.25) is 9.59 Å². The predicted molar refractivity (Wildman–Crippen MR) is 124 cm³/mol. The molecule has 3 rings (SSSR count). The van der Waals surface area contributed by atoms with Crippen LogP contribution in [0.4, 0.5) is 0 Å². The molecule has 0 aromatic heterocycles. The van der Waals surface area contributed by atoms with Crippen molar-refractivity contribution in [3.63, 3.8) is 0 Å². The Labute approximate surface area is 194 Å². The fourth-order valence-corrected chi connectivity index (χ4v) is 4.18. The van der Waals surface area contributed by atoms with Gasteiger partial charge in [-0.1, -0.05) is 6.07 Å². The highest BCUT2D eigenvalue weighted by Gasteiger charge is 2.42. The van der Waals surface area contributed by atoms with Gasteiger partial charge in [-0.25, -0.2) is 0 Å². The molecule has 8 heteroatoms. The van der Waals surface area contributed by atoms with E-state index in [9.17, 15) is 9.59 Å². The van der Waals surface area contributed by atoms with Crippen LogP contribution in [0.2, 0.25) is 0 Å². The third-order valence-corrected chi connectivity index (χ3v) is 5.92. The zero-order valence-corrected chi connectivity index (χ0v) is 19.6. The number of rotatable bonds is 10. The molecule has 2 atom stereocenters. The zero-order valence-electron chi connectivity index (χ0n) is 19.6. The largest absolute Gasteiger partial charge is 0.497 e. The topological polar surface area (TPSA) is 86.3 Å². The fourth-order valence-electron chi connectivity index (χ4n) is 4.18. The third-order valence-electron chi connectivity index (χ3n) is 5.92. The Hall–Kier alpha value is -3.26. The molecule has 8 nitrogen and oxygen atoms in total. The third kappa shape index (κ3) is 5.76. The van der Waals surface area contributed by atoms with Gasteiger partial charge in [-0.2, -0.15) is 0 Å². The standard InChI is InChI=1S/C25H32N2O6/c1-30-12-6-11-26-24(28)22-16-27(25(29)17-7-5-8-18(13-17)31-2)15-21(22)20-14-19(32-3)9-10-23(20)33-4/h5,7-10,13-14,21-22H,6,11-12,15-16H2,1-4H3,(H,26,28)/t21-,22-/m0/s1. The number of nitrogens with one attached hydrogen (secondary N) is 1. The van der Waals surface area contributed by atoms with E-state index in [1.165, 1.54) is 0 Å². The van der Waals surface area contributed by atoms with Gasteiger partial charge in [-0.05, 0) is 42.8 Å². The van der Waals surface area contributed by atoms with Gasteiger partial charge >= 0.3 is 0 Å². The highest BCUT2D eigenvalue weighted by Crippen LogP contribution is 2.40. The van der Waals surface area contributed by atoms with Crippen LogP contribution in [-0.2, 0) is 9.53 Å². The first kappa shape index (κ1) is 24.4. The van der Waals surface area contributed by atoms with Gasteiger partial charge in [0.05, 0.1) is 27.2 Å². The molecule has 0 aliphatic carbocycles. The number of benzene rings is 2. The molecule has 33 heavy (non-hydrogen) atoms. The van der Waals surface area contributed by atoms with E-state index in [4.69, 9.17) is 18.9 Å². The molecule has 1 saturated heterocycles. The molecule has 2 amide bonds. The van der Waals surface area contributed by atoms with Crippen molar-refractivity contribution in [2.24, 2.45) is 5.92 Å². The predicted octanol–water partition coefficient (Wildman–Crippen LogP) is 2.72. The summed E-state index contributed by atoms with van der Waals surface area (Å²) in [5.74, 6) is 1.03. The quantitative estimate of drug-likeness (QED) is 0.554. The van der Waals surface area contributed by atoms with E-state index in [-0.39, 0.29) is 17.7 Å². The van der Waals surface area contributed by atoms with E-state index in [0.29, 0.717) is 55.5 Å². The molecule has 0 saturated carbocycles. The van der Waals surface area contributed by atoms with E-state index in [1.54, 1.807) is 57.6 Å². The summed E-state index contributed by atoms with van der Waals surface area (Å²) in [5, 5.41) is 2.99. The van der Waals surface area contributed by atoms with Crippen LogP contribution >= 0.6 is 0 Å². The number of nitrogens with zero attached hydrogens (tertiary/aromatic N) is 1. The zero-order chi connectivity index (χ0) is 23.8. The first-order valence-corrected chi connectivity index (χ1v) is 10.9. The second-order valence-electron chi connectivity index (χ2n) is 7.90. The molecule has 0 unspecified atom stereocenters. The maximum absolute atomic E-state index is 13.3. The number of likely N-dealkylation sites (tertiary alicyclic amines) is 1. The average Bonchev–Trinajstić information content (AvgIpc) is 3.31. The SMILES string of the molecule is COCCCNC(=O)[C@H]1CN(C(=O)c2cccc(OC)c2)C[C@H]1c1cc(OC)ccc1OC. The maximum atomic E-state index is 13.3. The average molecular weight is 457 g/mol. The van der Waals surface area contributed by atoms with Crippen molar-refractivity contribution in [3.05, 3.63) is 53.6 Å². The smallest absolute Gasteiger partial charge is 0.254 e. The van der Waals surface area contributed by atoms with Crippen LogP contribution in [0, 0.1) is 5.92 Å². The summed E-state index contributed by atoms with van der Waals surface area (Å²) >= 11 is 0. The fraction of sp³-hybridized carbons (Fsp3) is 0.440. The Bertz CT molecular complexity index is 964. The minimum Gasteiger partial charge on any atom is -0.497 e. The summed E-state index contributed by atoms with van der Waals surface area (Å²) in [6.45, 7) is 1.76. The number of hydrogen-bond donors (Lipinski definition) is 1. The van der Waals surface area contributed by atoms with E-state index < -0.39 is 5.92 Å². The normalized spacial score (nSPS) is 17.5. The maximum Gasteiger partial charge on any atom is 0.254 e. The van der Waals surface area contributed by atoms with Gasteiger partial charge in [0.15, 0.2) is 0 Å². The molecule has 2 aromatic rings. The number of carbonyl (C=O) groups is 2. The van der Waals surface area contributed by atoms with Crippen LogP contribution in [-0.4, -0.2) is 71.4 Å². The molecule has 1 fully saturated rings. The molecular weight excluding hydrogens is 424 g/mol. The van der Waals surface area contributed by atoms with Crippen molar-refractivity contribution in [3.8, 4) is 17.2 Å². The van der Waals surface area contributed by atoms with Crippen LogP contribution in [0.5, 0.6) is 17.2 Å². The van der Waals surface area contributed by atoms with Crippen LogP contribution < -0.4 is 19.5 Å². The second kappa shape index (κ2) is 11.6. The lowest BCUT2D eigenvalue weighted by atomic mass is 9.87. The van der Waals surface area contributed by atoms with Gasteiger partial charge in [0.1, 0.15) is 17.2 Å². The van der Waals surface area contributed by atoms with Gasteiger partial charge in [-0.15, -0.1) is 0 Å². The minimum absolute atomic E-state index is 0.0954. The first-order chi connectivity index (χ1) is 16.0. The lowest BCUT2D eigenvalue weighted by molar-refractivity contribution is -0.125. The van der Waals surface area contributed by atoms with E-state index in [1.807, 2.05) is 18.2 Å². The number of ether oxygens (including phenoxy) is 4. The molecule has 1 heterocycles. The van der Waals surface area contributed by atoms with Gasteiger partial charge < -0.3 is 29.2 Å². The summed E-state index contributed by atoms with van der Waals surface area (Å²) in [4.78, 5) is 28.2. The van der Waals surface area contributed by atoms with Crippen molar-refractivity contribution in [2.75, 3.05) is 54.7 Å². The molecule has 0 spiro atoms. The first-order valence-electron chi connectivity index (χ1n) is 10.9. The Morgan fingerprint density at radius 2 is 1.73 bits per heavy atom. The van der Waals surface area contributed by atoms with Crippen LogP contribution in [0.3, 0.4) is 0 Å². The minimum atomic E-state index is -0.428. The Balaban J connectivity index is 1.89. The van der Waals surface area contributed by atoms with Gasteiger partial charge in [0.2, 0.25) is 5.91 Å². The van der Waals surface area contributed by atoms with Crippen molar-refractivity contribution < 1.29 is 28.5 Å². The molecule has 1 aliphatic rings. The molecular formula is C25H32N2O6. The molecule has 178 valence electrons. The van der Waals surface area contributed by atoms with Gasteiger partial charge in [0.25, 0.3) is 5.91 Å². The van der Waals surface area contributed by atoms with Crippen molar-refractivity contribution >= 4 is 11.8 Å². The van der Waals surface area contributed by atoms with Gasteiger partial charge in [0, 0.05) is 50.4 Å². The lowest BCUT2D eigenvalue weighted by Gasteiger charge is -2.21. The van der Waals surface area contributed by atoms with Crippen molar-refractivity contribution in [2.45, 2.75) is 12.3 Å². The van der Waals surface area contributed by atoms with E-state index in [2.05, 4.69) is 5.32 Å². The van der Waals surface area contributed by atoms with E-state index in [0.717, 1.165) is 5.56 Å². The summed E-state index contributed by atoms with van der Waals surface area (Å²) in [6, 6.07) is 12.6. The number of methoxy groups -OCH3 is 4. The summed E-state index contributed by atoms with van der Waals surface area (Å²) in [7, 11) is 6.39. The number of carbonyl (C=O) groups excluding carboxylic acids is 2. The van der Waals surface area contributed by atoms with Crippen LogP contribution in [0.15, 0.2) is 42.5 Å². The highest BCUT2D eigenvalue weighted by atomic mass is 16.5. The van der Waals surface area contributed by atoms with Crippen LogP contribution in [0.1, 0.15) is 28.3 Å². The van der Waals surface area contributed by atoms with Crippen molar-refractivity contribution in [1.82, 2.24) is 10.2 Å². The monoisotopic (exact) mass is 456 g/mol. The lowest BCUT2D eigenvalue weighted by Crippen LogP contribution is -2.36. The van der Waals surface area contributed by atoms with Crippen molar-refractivity contribution in [1.29, 1.82) is 0 Å². The molecule has 0 bridgehead atoms. The Morgan fingerprint density at radius 3 is 2.42 bits per heavy atom. The number of hydrogen-bond acceptors (Lipinski definition) is 6. The van der Waals surface area contributed by atoms with Crippen LogP contribution in [0.25, 0.3) is 0 Å². The second-order valence-corrected chi connectivity index (χ2v) is 7.90. The van der Waals surface area contributed by atoms with E-state index >= 15 is 0 Å². The summed E-state index contributed by atoms with van der Waals surface area (Å²) in [5.41, 5.74) is 1.36. The Morgan fingerprint density at radius 1 is 0.970 bits per heavy atom. The Kier molecular flexibility index (Phi) is 8.54. The molecule has 1 aliphatic heterocycles. The highest BCUT2D eigenvalue weighted by molar-refractivity contribution is 5.95. The molecule has 0 radical (unpaired) electrons. The molecule has 2 aromatic carbocycles. The summed E-state index contributed by atoms with van der Waals surface area (Å²) in [6.07, 6.45) is 0.717. The summed E-state index contributed by atoms with van der Waals surface area (Å²) < 4.78 is 21.3. The molecule has 1 N–H and O–H groups in total. The number of amides is 2.